The molecule has 136 valence electrons. The second-order valence-electron chi connectivity index (χ2n) is 5.54. The van der Waals surface area contributed by atoms with E-state index in [4.69, 9.17) is 0 Å². The minimum atomic E-state index is -1.27. The summed E-state index contributed by atoms with van der Waals surface area (Å²) in [7, 11) is 1.25. The van der Waals surface area contributed by atoms with Gasteiger partial charge in [-0.15, -0.1) is 0 Å². The molecule has 0 saturated heterocycles. The highest BCUT2D eigenvalue weighted by molar-refractivity contribution is 8.00. The summed E-state index contributed by atoms with van der Waals surface area (Å²) in [5.41, 5.74) is 0.790. The number of rotatable bonds is 4. The normalized spacial score (nSPS) is 21.7. The molecule has 3 rings (SSSR count). The first-order valence-electron chi connectivity index (χ1n) is 7.37. The number of aromatic nitrogens is 1. The summed E-state index contributed by atoms with van der Waals surface area (Å²) in [5, 5.41) is 18.3. The fraction of sp³-hybridized carbons (Fsp3) is 0.250. The summed E-state index contributed by atoms with van der Waals surface area (Å²) < 4.78 is 4.63. The van der Waals surface area contributed by atoms with Crippen LogP contribution in [0.1, 0.15) is 26.7 Å². The molecule has 0 saturated carbocycles. The number of hydrogen-bond donors (Lipinski definition) is 3. The Balaban J connectivity index is 2.14. The molecule has 0 fully saturated rings. The second-order valence-corrected chi connectivity index (χ2v) is 7.71. The van der Waals surface area contributed by atoms with Gasteiger partial charge in [0.25, 0.3) is 0 Å². The Morgan fingerprint density at radius 2 is 1.77 bits per heavy atom. The number of carboxylic acid groups (broad SMARTS) is 2. The number of benzene rings is 1. The Labute approximate surface area is 154 Å². The Kier molecular flexibility index (Phi) is 4.88. The van der Waals surface area contributed by atoms with Crippen LogP contribution in [0.25, 0.3) is 0 Å². The van der Waals surface area contributed by atoms with E-state index in [9.17, 15) is 29.4 Å². The minimum Gasteiger partial charge on any atom is -0.481 e. The maximum absolute atomic E-state index is 11.9. The lowest BCUT2D eigenvalue weighted by molar-refractivity contribution is -0.148. The number of carboxylic acids is 2. The first-order chi connectivity index (χ1) is 12.3. The Morgan fingerprint density at radius 1 is 1.12 bits per heavy atom. The van der Waals surface area contributed by atoms with E-state index in [-0.39, 0.29) is 10.4 Å². The van der Waals surface area contributed by atoms with Crippen molar-refractivity contribution in [2.75, 3.05) is 7.11 Å². The van der Waals surface area contributed by atoms with Crippen molar-refractivity contribution in [2.24, 2.45) is 5.92 Å². The highest BCUT2D eigenvalue weighted by Crippen LogP contribution is 2.49. The fourth-order valence-electron chi connectivity index (χ4n) is 2.94. The predicted molar refractivity (Wildman–Crippen MR) is 93.0 cm³/mol. The quantitative estimate of drug-likeness (QED) is 0.665. The van der Waals surface area contributed by atoms with E-state index in [2.05, 4.69) is 9.72 Å². The van der Waals surface area contributed by atoms with Crippen molar-refractivity contribution >= 4 is 41.0 Å². The van der Waals surface area contributed by atoms with Crippen LogP contribution in [0, 0.1) is 5.92 Å². The van der Waals surface area contributed by atoms with Crippen LogP contribution in [0.3, 0.4) is 0 Å². The number of ether oxygens (including phenoxy) is 1. The first-order valence-corrected chi connectivity index (χ1v) is 9.06. The van der Waals surface area contributed by atoms with Gasteiger partial charge in [0, 0.05) is 10.8 Å². The number of H-pyrrole nitrogens is 1. The maximum atomic E-state index is 11.9. The molecule has 8 nitrogen and oxygen atoms in total. The summed E-state index contributed by atoms with van der Waals surface area (Å²) in [5.74, 6) is -5.16. The van der Waals surface area contributed by atoms with Crippen LogP contribution in [0.2, 0.25) is 0 Å². The van der Waals surface area contributed by atoms with Crippen LogP contribution in [0.15, 0.2) is 34.1 Å². The number of aromatic amines is 1. The third-order valence-electron chi connectivity index (χ3n) is 4.07. The molecule has 1 aromatic carbocycles. The standard InChI is InChI=1S/C16H13NO7S2/c1-24-15(22)7-4-2-6(3-5-7)8-9(13(18)19)11(14(20)21)25-12-10(8)26-16(23)17-12/h2-5,8-9,11H,1H3,(H,17,23)(H,18,19)(H,20,21)/t8-,9+,11-/m0/s1. The number of aliphatic carboxylic acids is 2. The summed E-state index contributed by atoms with van der Waals surface area (Å²) in [6, 6.07) is 6.06. The van der Waals surface area contributed by atoms with E-state index in [1.807, 2.05) is 0 Å². The van der Waals surface area contributed by atoms with Crippen LogP contribution in [0.5, 0.6) is 0 Å². The molecule has 0 bridgehead atoms. The molecular formula is C16H13NO7S2. The SMILES string of the molecule is COC(=O)c1ccc([C@@H]2c3sc(=O)[nH]c3S[C@H](C(=O)O)[C@@H]2C(=O)O)cc1. The van der Waals surface area contributed by atoms with Gasteiger partial charge in [0.2, 0.25) is 0 Å². The summed E-state index contributed by atoms with van der Waals surface area (Å²) >= 11 is 1.70. The van der Waals surface area contributed by atoms with E-state index >= 15 is 0 Å². The van der Waals surface area contributed by atoms with Crippen molar-refractivity contribution in [2.45, 2.75) is 16.2 Å². The monoisotopic (exact) mass is 395 g/mol. The van der Waals surface area contributed by atoms with Gasteiger partial charge >= 0.3 is 22.8 Å². The molecule has 2 heterocycles. The van der Waals surface area contributed by atoms with Crippen LogP contribution in [-0.4, -0.2) is 45.5 Å². The number of carbonyl (C=O) groups is 3. The van der Waals surface area contributed by atoms with Gasteiger partial charge in [-0.1, -0.05) is 35.2 Å². The first kappa shape index (κ1) is 18.2. The molecular weight excluding hydrogens is 382 g/mol. The van der Waals surface area contributed by atoms with E-state index < -0.39 is 35.0 Å². The van der Waals surface area contributed by atoms with E-state index in [1.54, 1.807) is 12.1 Å². The van der Waals surface area contributed by atoms with Crippen molar-refractivity contribution in [3.8, 4) is 0 Å². The second kappa shape index (κ2) is 6.96. The molecule has 0 spiro atoms. The van der Waals surface area contributed by atoms with Crippen LogP contribution in [-0.2, 0) is 14.3 Å². The molecule has 0 unspecified atom stereocenters. The number of thioether (sulfide) groups is 1. The van der Waals surface area contributed by atoms with Gasteiger partial charge in [0.05, 0.1) is 23.6 Å². The molecule has 0 aliphatic carbocycles. The third-order valence-corrected chi connectivity index (χ3v) is 6.48. The van der Waals surface area contributed by atoms with Crippen LogP contribution >= 0.6 is 23.1 Å². The Morgan fingerprint density at radius 3 is 2.31 bits per heavy atom. The van der Waals surface area contributed by atoms with Gasteiger partial charge in [-0.3, -0.25) is 14.4 Å². The molecule has 1 aliphatic heterocycles. The molecule has 0 radical (unpaired) electrons. The molecule has 10 heteroatoms. The molecule has 1 aromatic heterocycles. The zero-order valence-corrected chi connectivity index (χ0v) is 14.9. The Bertz CT molecular complexity index is 931. The van der Waals surface area contributed by atoms with Gasteiger partial charge in [0.1, 0.15) is 5.25 Å². The molecule has 3 atom stereocenters. The number of nitrogens with one attached hydrogen (secondary N) is 1. The van der Waals surface area contributed by atoms with Crippen molar-refractivity contribution in [3.63, 3.8) is 0 Å². The largest absolute Gasteiger partial charge is 0.481 e. The maximum Gasteiger partial charge on any atom is 0.337 e. The van der Waals surface area contributed by atoms with Crippen molar-refractivity contribution in [1.82, 2.24) is 4.98 Å². The summed E-state index contributed by atoms with van der Waals surface area (Å²) in [6.07, 6.45) is 0. The van der Waals surface area contributed by atoms with Crippen LogP contribution in [0.4, 0.5) is 0 Å². The van der Waals surface area contributed by atoms with E-state index in [1.165, 1.54) is 19.2 Å². The number of esters is 1. The van der Waals surface area contributed by atoms with E-state index in [0.29, 0.717) is 15.5 Å². The molecule has 26 heavy (non-hydrogen) atoms. The zero-order valence-electron chi connectivity index (χ0n) is 13.3. The number of hydrogen-bond acceptors (Lipinski definition) is 7. The highest BCUT2D eigenvalue weighted by Gasteiger charge is 2.47. The average molecular weight is 395 g/mol. The molecule has 2 aromatic rings. The lowest BCUT2D eigenvalue weighted by atomic mass is 9.82. The van der Waals surface area contributed by atoms with Gasteiger partial charge < -0.3 is 19.9 Å². The molecule has 1 aliphatic rings. The topological polar surface area (TPSA) is 134 Å². The van der Waals surface area contributed by atoms with Crippen LogP contribution < -0.4 is 4.87 Å². The zero-order chi connectivity index (χ0) is 19.0. The summed E-state index contributed by atoms with van der Waals surface area (Å²) in [6.45, 7) is 0. The number of methoxy groups -OCH3 is 1. The highest BCUT2D eigenvalue weighted by atomic mass is 32.2. The van der Waals surface area contributed by atoms with Gasteiger partial charge in [-0.25, -0.2) is 4.79 Å². The number of fused-ring (bicyclic) bond motifs is 1. The number of carbonyl (C=O) groups excluding carboxylic acids is 1. The smallest absolute Gasteiger partial charge is 0.337 e. The fourth-order valence-corrected chi connectivity index (χ4v) is 5.35. The lowest BCUT2D eigenvalue weighted by Gasteiger charge is -2.32. The molecule has 0 amide bonds. The van der Waals surface area contributed by atoms with Crippen molar-refractivity contribution in [3.05, 3.63) is 49.9 Å². The van der Waals surface area contributed by atoms with Gasteiger partial charge in [0.15, 0.2) is 0 Å². The summed E-state index contributed by atoms with van der Waals surface area (Å²) in [4.78, 5) is 49.5. The predicted octanol–water partition coefficient (Wildman–Crippen LogP) is 1.61. The van der Waals surface area contributed by atoms with Gasteiger partial charge in [-0.2, -0.15) is 0 Å². The lowest BCUT2D eigenvalue weighted by Crippen LogP contribution is -2.39. The number of thiazole rings is 1. The minimum absolute atomic E-state index is 0.283. The Hall–Kier alpha value is -2.59. The molecule has 3 N–H and O–H groups in total. The van der Waals surface area contributed by atoms with Crippen molar-refractivity contribution < 1.29 is 29.3 Å². The average Bonchev–Trinajstić information content (AvgIpc) is 2.99. The third kappa shape index (κ3) is 3.13. The van der Waals surface area contributed by atoms with Crippen molar-refractivity contribution in [1.29, 1.82) is 0 Å². The van der Waals surface area contributed by atoms with Gasteiger partial charge in [-0.05, 0) is 17.7 Å². The van der Waals surface area contributed by atoms with E-state index in [0.717, 1.165) is 23.1 Å².